The largest absolute Gasteiger partial charge is 0.457 e. The number of nitro benzene ring substituents is 2. The molecular weight excluding hydrogens is 326 g/mol. The maximum Gasteiger partial charge on any atom is 0.379 e. The summed E-state index contributed by atoms with van der Waals surface area (Å²) in [5.74, 6) is -2.61. The van der Waals surface area contributed by atoms with Gasteiger partial charge in [0.1, 0.15) is 0 Å². The third-order valence-electron chi connectivity index (χ3n) is 2.69. The molecule has 11 nitrogen and oxygen atoms in total. The Kier molecular flexibility index (Phi) is 4.54. The summed E-state index contributed by atoms with van der Waals surface area (Å²) >= 11 is 0. The van der Waals surface area contributed by atoms with Crippen LogP contribution in [0, 0.1) is 20.2 Å². The number of amides is 1. The van der Waals surface area contributed by atoms with E-state index >= 15 is 0 Å². The van der Waals surface area contributed by atoms with E-state index in [0.29, 0.717) is 6.07 Å². The Morgan fingerprint density at radius 2 is 1.92 bits per heavy atom. The normalized spacial score (nSPS) is 10.0. The Labute approximate surface area is 133 Å². The van der Waals surface area contributed by atoms with E-state index in [1.807, 2.05) is 0 Å². The minimum atomic E-state index is -1.07. The number of non-ortho nitro benzene ring substituents is 1. The summed E-state index contributed by atoms with van der Waals surface area (Å²) in [5, 5.41) is 24.2. The second-order valence-electron chi connectivity index (χ2n) is 4.40. The first kappa shape index (κ1) is 16.6. The summed E-state index contributed by atoms with van der Waals surface area (Å²) in [7, 11) is 0. The fraction of sp³-hybridized carbons (Fsp3) is 0.0769. The van der Waals surface area contributed by atoms with Gasteiger partial charge in [-0.1, -0.05) is 0 Å². The molecular formula is C13H9N3O8. The zero-order valence-electron chi connectivity index (χ0n) is 12.0. The molecule has 1 amide bonds. The molecule has 0 bridgehead atoms. The maximum atomic E-state index is 11.9. The highest BCUT2D eigenvalue weighted by Gasteiger charge is 2.29. The van der Waals surface area contributed by atoms with E-state index in [1.165, 1.54) is 18.4 Å². The Bertz CT molecular complexity index is 828. The Hall–Kier alpha value is -3.76. The van der Waals surface area contributed by atoms with Gasteiger partial charge in [-0.15, -0.1) is 0 Å². The van der Waals surface area contributed by atoms with Crippen molar-refractivity contribution in [2.24, 2.45) is 0 Å². The molecule has 11 heteroatoms. The van der Waals surface area contributed by atoms with Crippen LogP contribution >= 0.6 is 0 Å². The smallest absolute Gasteiger partial charge is 0.379 e. The van der Waals surface area contributed by atoms with Crippen LogP contribution < -0.4 is 10.1 Å². The highest BCUT2D eigenvalue weighted by molar-refractivity contribution is 5.95. The fourth-order valence-corrected chi connectivity index (χ4v) is 1.77. The van der Waals surface area contributed by atoms with Crippen LogP contribution in [0.5, 0.6) is 5.75 Å². The number of nitrogens with one attached hydrogen (secondary N) is 1. The van der Waals surface area contributed by atoms with Gasteiger partial charge in [0.25, 0.3) is 5.69 Å². The first-order chi connectivity index (χ1) is 11.3. The number of furan rings is 1. The van der Waals surface area contributed by atoms with Crippen molar-refractivity contribution in [1.82, 2.24) is 0 Å². The van der Waals surface area contributed by atoms with Crippen LogP contribution in [-0.2, 0) is 4.79 Å². The van der Waals surface area contributed by atoms with Crippen molar-refractivity contribution in [2.75, 3.05) is 5.32 Å². The SMILES string of the molecule is CC(=O)Nc1cc([N+](=O)[O-])cc([N+](=O)[O-])c1OC(=O)c1ccco1. The van der Waals surface area contributed by atoms with Gasteiger partial charge >= 0.3 is 11.7 Å². The Morgan fingerprint density at radius 1 is 1.21 bits per heavy atom. The molecule has 124 valence electrons. The van der Waals surface area contributed by atoms with Crippen molar-refractivity contribution in [2.45, 2.75) is 6.92 Å². The lowest BCUT2D eigenvalue weighted by Crippen LogP contribution is -2.13. The second-order valence-corrected chi connectivity index (χ2v) is 4.40. The van der Waals surface area contributed by atoms with E-state index < -0.39 is 38.8 Å². The minimum absolute atomic E-state index is 0.239. The van der Waals surface area contributed by atoms with Crippen LogP contribution in [0.4, 0.5) is 17.1 Å². The molecule has 0 saturated heterocycles. The van der Waals surface area contributed by atoms with Crippen molar-refractivity contribution in [1.29, 1.82) is 0 Å². The van der Waals surface area contributed by atoms with E-state index in [0.717, 1.165) is 13.0 Å². The molecule has 1 heterocycles. The van der Waals surface area contributed by atoms with Gasteiger partial charge in [0.15, 0.2) is 0 Å². The maximum absolute atomic E-state index is 11.9. The minimum Gasteiger partial charge on any atom is -0.457 e. The number of carbonyl (C=O) groups is 2. The number of carbonyl (C=O) groups excluding carboxylic acids is 2. The first-order valence-electron chi connectivity index (χ1n) is 6.29. The number of anilines is 1. The predicted octanol–water partition coefficient (Wildman–Crippen LogP) is 2.27. The lowest BCUT2D eigenvalue weighted by molar-refractivity contribution is -0.394. The molecule has 2 aromatic rings. The van der Waals surface area contributed by atoms with Crippen molar-refractivity contribution in [3.8, 4) is 5.75 Å². The molecule has 0 saturated carbocycles. The molecule has 1 aromatic carbocycles. The van der Waals surface area contributed by atoms with E-state index in [-0.39, 0.29) is 11.4 Å². The Morgan fingerprint density at radius 3 is 2.42 bits per heavy atom. The van der Waals surface area contributed by atoms with Gasteiger partial charge in [0.05, 0.1) is 27.9 Å². The van der Waals surface area contributed by atoms with Crippen LogP contribution in [0.15, 0.2) is 34.9 Å². The second kappa shape index (κ2) is 6.56. The summed E-state index contributed by atoms with van der Waals surface area (Å²) in [6, 6.07) is 4.13. The zero-order valence-corrected chi connectivity index (χ0v) is 12.0. The standard InChI is InChI=1S/C13H9N3O8/c1-7(17)14-9-5-8(15(19)20)6-10(16(21)22)12(9)24-13(18)11-3-2-4-23-11/h2-6H,1H3,(H,14,17). The molecule has 0 fully saturated rings. The first-order valence-corrected chi connectivity index (χ1v) is 6.29. The molecule has 2 rings (SSSR count). The third kappa shape index (κ3) is 3.52. The van der Waals surface area contributed by atoms with Crippen molar-refractivity contribution in [3.63, 3.8) is 0 Å². The zero-order chi connectivity index (χ0) is 17.9. The summed E-state index contributed by atoms with van der Waals surface area (Å²) < 4.78 is 9.72. The van der Waals surface area contributed by atoms with Crippen LogP contribution in [0.1, 0.15) is 17.5 Å². The summed E-state index contributed by atoms with van der Waals surface area (Å²) in [6.45, 7) is 1.09. The van der Waals surface area contributed by atoms with Gasteiger partial charge in [-0.05, 0) is 12.1 Å². The fourth-order valence-electron chi connectivity index (χ4n) is 1.77. The van der Waals surface area contributed by atoms with Crippen molar-refractivity contribution in [3.05, 3.63) is 56.5 Å². The number of benzene rings is 1. The third-order valence-corrected chi connectivity index (χ3v) is 2.69. The quantitative estimate of drug-likeness (QED) is 0.377. The van der Waals surface area contributed by atoms with Crippen LogP contribution in [0.25, 0.3) is 0 Å². The molecule has 1 aromatic heterocycles. The summed E-state index contributed by atoms with van der Waals surface area (Å²) in [6.07, 6.45) is 1.19. The molecule has 0 aliphatic heterocycles. The van der Waals surface area contributed by atoms with Crippen LogP contribution in [0.2, 0.25) is 0 Å². The molecule has 0 spiro atoms. The van der Waals surface area contributed by atoms with Crippen molar-refractivity contribution < 1.29 is 28.6 Å². The number of ether oxygens (including phenoxy) is 1. The topological polar surface area (TPSA) is 155 Å². The van der Waals surface area contributed by atoms with Gasteiger partial charge in [-0.2, -0.15) is 0 Å². The predicted molar refractivity (Wildman–Crippen MR) is 77.7 cm³/mol. The number of rotatable bonds is 5. The van der Waals surface area contributed by atoms with E-state index in [2.05, 4.69) is 5.32 Å². The highest BCUT2D eigenvalue weighted by Crippen LogP contribution is 2.39. The highest BCUT2D eigenvalue weighted by atomic mass is 16.6. The van der Waals surface area contributed by atoms with Gasteiger partial charge < -0.3 is 14.5 Å². The molecule has 1 N–H and O–H groups in total. The van der Waals surface area contributed by atoms with Gasteiger partial charge in [-0.3, -0.25) is 25.0 Å². The summed E-state index contributed by atoms with van der Waals surface area (Å²) in [5.41, 5.74) is -1.89. The number of esters is 1. The lowest BCUT2D eigenvalue weighted by Gasteiger charge is -2.10. The molecule has 0 radical (unpaired) electrons. The summed E-state index contributed by atoms with van der Waals surface area (Å²) in [4.78, 5) is 43.3. The molecule has 0 aliphatic rings. The molecule has 0 aliphatic carbocycles. The molecule has 0 unspecified atom stereocenters. The monoisotopic (exact) mass is 335 g/mol. The molecule has 24 heavy (non-hydrogen) atoms. The average molecular weight is 335 g/mol. The number of nitro groups is 2. The number of hydrogen-bond acceptors (Lipinski definition) is 8. The average Bonchev–Trinajstić information content (AvgIpc) is 3.01. The number of nitrogens with zero attached hydrogens (tertiary/aromatic N) is 2. The van der Waals surface area contributed by atoms with Crippen molar-refractivity contribution >= 4 is 28.9 Å². The van der Waals surface area contributed by atoms with Gasteiger partial charge in [0.2, 0.25) is 17.4 Å². The van der Waals surface area contributed by atoms with E-state index in [4.69, 9.17) is 9.15 Å². The lowest BCUT2D eigenvalue weighted by atomic mass is 10.2. The Balaban J connectivity index is 2.56. The van der Waals surface area contributed by atoms with Gasteiger partial charge in [0, 0.05) is 13.0 Å². The van der Waals surface area contributed by atoms with E-state index in [1.54, 1.807) is 0 Å². The molecule has 0 atom stereocenters. The van der Waals surface area contributed by atoms with Crippen LogP contribution in [-0.4, -0.2) is 21.7 Å². The van der Waals surface area contributed by atoms with Gasteiger partial charge in [-0.25, -0.2) is 4.79 Å². The number of hydrogen-bond donors (Lipinski definition) is 1. The van der Waals surface area contributed by atoms with E-state index in [9.17, 15) is 29.8 Å². The van der Waals surface area contributed by atoms with Crippen LogP contribution in [0.3, 0.4) is 0 Å².